The van der Waals surface area contributed by atoms with Crippen LogP contribution in [0.25, 0.3) is 44.1 Å². The number of terminal acetylenes is 1. The molecule has 2 saturated heterocycles. The standard InChI is InChI=1S/C72H78N12O9/c1-4-32-77-71(2)30-36-82(37-31-71)50-28-34-83(35-29-50)69-79-60-26-23-48(58-42-81(3)68(89)65-56(58)27-33-73-65)39-57(60)66(80-69)72(93-51-24-25-51,49-17-9-6-10-18-49)45-92-46-76-62(85)40-75-67(88)61(38-47-15-7-5-8-16-47)78-63(86)41-74-64(87)44-84(70(90)91)43-59-54-21-13-11-19-52(54)53-20-12-14-22-55(53)59/h1,5-23,26-27,33,39,42,50-51,59,61,73,77H,24-25,28-32,34-38,40-41,43-46H2,2-3H3,(H,74,87)(H,75,88)(H,76,85)(H,78,86)(H,90,91)/t61-,72-/m0/s1. The lowest BCUT2D eigenvalue weighted by Gasteiger charge is -2.45. The SMILES string of the molecule is C#CCNC1(C)CCN(C2CCN(c3nc([C@@](COCNC(=O)CNC(=O)[C@H](Cc4ccccc4)NC(=O)CNC(=O)CN(CC4c5ccccc5-c5ccccc54)C(=O)O)(OC4CC4)c4ccccc4)c4cc(-c5cn(C)c(=O)c6[nH]ccc56)ccc4n3)CC2)CC1. The van der Waals surface area contributed by atoms with Gasteiger partial charge in [-0.05, 0) is 103 Å². The van der Waals surface area contributed by atoms with Crippen LogP contribution in [0.1, 0.15) is 79.3 Å². The summed E-state index contributed by atoms with van der Waals surface area (Å²) in [6, 6.07) is 41.7. The van der Waals surface area contributed by atoms with Gasteiger partial charge >= 0.3 is 6.09 Å². The van der Waals surface area contributed by atoms with Crippen LogP contribution in [-0.4, -0.2) is 160 Å². The van der Waals surface area contributed by atoms with Gasteiger partial charge in [-0.25, -0.2) is 14.8 Å². The first-order valence-electron chi connectivity index (χ1n) is 31.9. The number of fused-ring (bicyclic) bond motifs is 5. The fourth-order valence-corrected chi connectivity index (χ4v) is 13.4. The normalized spacial score (nSPS) is 16.5. The molecule has 0 spiro atoms. The van der Waals surface area contributed by atoms with Crippen LogP contribution in [0.15, 0.2) is 151 Å². The number of aryl methyl sites for hydroxylation is 1. The van der Waals surface area contributed by atoms with E-state index in [0.29, 0.717) is 35.3 Å². The molecule has 2 aliphatic carbocycles. The van der Waals surface area contributed by atoms with Gasteiger partial charge in [0.15, 0.2) is 5.60 Å². The number of hydrogen-bond acceptors (Lipinski definition) is 13. The van der Waals surface area contributed by atoms with E-state index in [1.54, 1.807) is 42.1 Å². The maximum absolute atomic E-state index is 14.0. The number of rotatable bonds is 25. The molecule has 5 heterocycles. The number of aromatic nitrogens is 4. The number of hydrogen-bond donors (Lipinski definition) is 7. The molecular formula is C72H78N12O9. The number of amides is 5. The van der Waals surface area contributed by atoms with E-state index >= 15 is 0 Å². The molecule has 4 aliphatic rings. The van der Waals surface area contributed by atoms with Gasteiger partial charge in [-0.3, -0.25) is 28.9 Å². The maximum atomic E-state index is 14.0. The van der Waals surface area contributed by atoms with Gasteiger partial charge in [-0.15, -0.1) is 6.42 Å². The third-order valence-corrected chi connectivity index (χ3v) is 18.6. The van der Waals surface area contributed by atoms with Crippen molar-refractivity contribution in [1.82, 2.24) is 55.9 Å². The lowest BCUT2D eigenvalue weighted by atomic mass is 9.87. The molecule has 93 heavy (non-hydrogen) atoms. The molecule has 21 heteroatoms. The second-order valence-electron chi connectivity index (χ2n) is 25.0. The lowest BCUT2D eigenvalue weighted by Crippen LogP contribution is -2.55. The van der Waals surface area contributed by atoms with Crippen LogP contribution >= 0.6 is 0 Å². The number of aromatic amines is 1. The average molecular weight is 1260 g/mol. The number of nitrogens with one attached hydrogen (secondary N) is 6. The van der Waals surface area contributed by atoms with Crippen LogP contribution in [0.2, 0.25) is 0 Å². The Kier molecular flexibility index (Phi) is 19.1. The minimum absolute atomic E-state index is 0.0147. The minimum atomic E-state index is -1.34. The van der Waals surface area contributed by atoms with Gasteiger partial charge in [0.25, 0.3) is 5.56 Å². The Hall–Kier alpha value is -9.72. The highest BCUT2D eigenvalue weighted by molar-refractivity contribution is 5.98. The number of carboxylic acid groups (broad SMARTS) is 1. The molecule has 12 rings (SSSR count). The summed E-state index contributed by atoms with van der Waals surface area (Å²) in [6.07, 6.45) is 13.4. The van der Waals surface area contributed by atoms with E-state index < -0.39 is 61.0 Å². The number of piperidine rings is 2. The van der Waals surface area contributed by atoms with Crippen molar-refractivity contribution in [2.45, 2.75) is 87.1 Å². The first kappa shape index (κ1) is 63.4. The van der Waals surface area contributed by atoms with Gasteiger partial charge in [-0.1, -0.05) is 121 Å². The van der Waals surface area contributed by atoms with E-state index in [2.05, 4.69) is 60.3 Å². The van der Waals surface area contributed by atoms with Gasteiger partial charge in [-0.2, -0.15) is 0 Å². The summed E-state index contributed by atoms with van der Waals surface area (Å²) in [5, 5.41) is 26.0. The largest absolute Gasteiger partial charge is 0.465 e. The van der Waals surface area contributed by atoms with Crippen molar-refractivity contribution < 1.29 is 38.6 Å². The number of anilines is 1. The summed E-state index contributed by atoms with van der Waals surface area (Å²) in [5.41, 5.74) is 7.42. The van der Waals surface area contributed by atoms with Gasteiger partial charge < -0.3 is 60.5 Å². The van der Waals surface area contributed by atoms with E-state index in [1.807, 2.05) is 109 Å². The molecular weight excluding hydrogens is 1180 g/mol. The molecule has 2 atom stereocenters. The highest BCUT2D eigenvalue weighted by atomic mass is 16.6. The number of pyridine rings is 1. The molecule has 0 radical (unpaired) electrons. The summed E-state index contributed by atoms with van der Waals surface area (Å²) < 4.78 is 15.4. The monoisotopic (exact) mass is 1250 g/mol. The fraction of sp³-hybridized carbons (Fsp3) is 0.361. The van der Waals surface area contributed by atoms with E-state index in [4.69, 9.17) is 25.9 Å². The van der Waals surface area contributed by atoms with Crippen LogP contribution in [0.5, 0.6) is 0 Å². The predicted octanol–water partition coefficient (Wildman–Crippen LogP) is 6.79. The minimum Gasteiger partial charge on any atom is -0.465 e. The van der Waals surface area contributed by atoms with Crippen molar-refractivity contribution in [3.63, 3.8) is 0 Å². The zero-order chi connectivity index (χ0) is 64.6. The van der Waals surface area contributed by atoms with E-state index in [1.165, 1.54) is 0 Å². The maximum Gasteiger partial charge on any atom is 0.407 e. The topological polar surface area (TPSA) is 257 Å². The first-order chi connectivity index (χ1) is 45.2. The number of likely N-dealkylation sites (tertiary alicyclic amines) is 1. The summed E-state index contributed by atoms with van der Waals surface area (Å²) in [5.74, 6) is 0.371. The van der Waals surface area contributed by atoms with Crippen molar-refractivity contribution >= 4 is 57.5 Å². The Morgan fingerprint density at radius 3 is 2.15 bits per heavy atom. The van der Waals surface area contributed by atoms with Gasteiger partial charge in [0.05, 0.1) is 43.6 Å². The fourth-order valence-electron chi connectivity index (χ4n) is 13.4. The van der Waals surface area contributed by atoms with Crippen LogP contribution in [0.3, 0.4) is 0 Å². The number of carbonyl (C=O) groups excluding carboxylic acids is 4. The summed E-state index contributed by atoms with van der Waals surface area (Å²) in [4.78, 5) is 100. The highest BCUT2D eigenvalue weighted by Gasteiger charge is 2.45. The zero-order valence-electron chi connectivity index (χ0n) is 52.4. The molecule has 5 aromatic carbocycles. The van der Waals surface area contributed by atoms with E-state index in [-0.39, 0.29) is 49.4 Å². The molecule has 8 aromatic rings. The molecule has 2 aliphatic heterocycles. The second-order valence-corrected chi connectivity index (χ2v) is 25.0. The summed E-state index contributed by atoms with van der Waals surface area (Å²) in [6.45, 7) is 4.37. The molecule has 21 nitrogen and oxygen atoms in total. The summed E-state index contributed by atoms with van der Waals surface area (Å²) >= 11 is 0. The second kappa shape index (κ2) is 28.0. The Balaban J connectivity index is 0.736. The quantitative estimate of drug-likeness (QED) is 0.0177. The van der Waals surface area contributed by atoms with Crippen molar-refractivity contribution in [2.75, 3.05) is 77.1 Å². The molecule has 3 fully saturated rings. The molecule has 0 unspecified atom stereocenters. The number of carbonyl (C=O) groups is 5. The molecule has 5 amide bonds. The Morgan fingerprint density at radius 2 is 1.46 bits per heavy atom. The zero-order valence-corrected chi connectivity index (χ0v) is 52.4. The highest BCUT2D eigenvalue weighted by Crippen LogP contribution is 2.46. The third-order valence-electron chi connectivity index (χ3n) is 18.6. The Labute approximate surface area is 539 Å². The van der Waals surface area contributed by atoms with Crippen molar-refractivity contribution in [1.29, 1.82) is 0 Å². The average Bonchev–Trinajstić information content (AvgIpc) is 1.63. The molecule has 0 bridgehead atoms. The number of nitrogens with zero attached hydrogens (tertiary/aromatic N) is 6. The van der Waals surface area contributed by atoms with Crippen molar-refractivity contribution in [3.8, 4) is 34.6 Å². The van der Waals surface area contributed by atoms with Gasteiger partial charge in [0.2, 0.25) is 29.6 Å². The number of benzene rings is 5. The first-order valence-corrected chi connectivity index (χ1v) is 31.9. The van der Waals surface area contributed by atoms with Crippen LogP contribution in [-0.2, 0) is 47.7 Å². The third kappa shape index (κ3) is 14.3. The van der Waals surface area contributed by atoms with Crippen LogP contribution in [0, 0.1) is 12.3 Å². The molecule has 7 N–H and O–H groups in total. The lowest BCUT2D eigenvalue weighted by molar-refractivity contribution is -0.131. The molecule has 1 saturated carbocycles. The Morgan fingerprint density at radius 1 is 0.785 bits per heavy atom. The van der Waals surface area contributed by atoms with Crippen molar-refractivity contribution in [3.05, 3.63) is 184 Å². The van der Waals surface area contributed by atoms with Crippen molar-refractivity contribution in [2.24, 2.45) is 7.05 Å². The predicted molar refractivity (Wildman–Crippen MR) is 355 cm³/mol. The molecule has 3 aromatic heterocycles. The van der Waals surface area contributed by atoms with Crippen LogP contribution < -0.4 is 37.0 Å². The van der Waals surface area contributed by atoms with E-state index in [0.717, 1.165) is 125 Å². The van der Waals surface area contributed by atoms with Crippen LogP contribution in [0.4, 0.5) is 10.7 Å². The van der Waals surface area contributed by atoms with Gasteiger partial charge in [0, 0.05) is 92.4 Å². The smallest absolute Gasteiger partial charge is 0.407 e. The summed E-state index contributed by atoms with van der Waals surface area (Å²) in [7, 11) is 1.73. The Bertz CT molecular complexity index is 4110. The van der Waals surface area contributed by atoms with E-state index in [9.17, 15) is 33.9 Å². The van der Waals surface area contributed by atoms with Gasteiger partial charge in [0.1, 0.15) is 24.8 Å². The number of ether oxygens (including phenoxy) is 2. The molecule has 480 valence electrons. The number of H-pyrrole nitrogens is 1.